The molecule has 2 aromatic carbocycles. The van der Waals surface area contributed by atoms with Crippen LogP contribution in [0.5, 0.6) is 0 Å². The summed E-state index contributed by atoms with van der Waals surface area (Å²) in [6.45, 7) is 3.76. The fourth-order valence-corrected chi connectivity index (χ4v) is 2.82. The first-order valence-corrected chi connectivity index (χ1v) is 9.95. The third-order valence-corrected chi connectivity index (χ3v) is 4.37. The van der Waals surface area contributed by atoms with Crippen molar-refractivity contribution in [2.45, 2.75) is 32.9 Å². The Morgan fingerprint density at radius 3 is 2.13 bits per heavy atom. The van der Waals surface area contributed by atoms with E-state index in [9.17, 15) is 14.4 Å². The molecule has 30 heavy (non-hydrogen) atoms. The van der Waals surface area contributed by atoms with Crippen LogP contribution in [0.15, 0.2) is 60.7 Å². The topological polar surface area (TPSA) is 84.9 Å². The van der Waals surface area contributed by atoms with Gasteiger partial charge in [0.05, 0.1) is 6.61 Å². The maximum Gasteiger partial charge on any atom is 0.408 e. The predicted octanol–water partition coefficient (Wildman–Crippen LogP) is 2.94. The Bertz CT molecular complexity index is 811. The average molecular weight is 412 g/mol. The number of hydrogen-bond donors (Lipinski definition) is 1. The number of amides is 2. The van der Waals surface area contributed by atoms with Crippen LogP contribution in [-0.4, -0.2) is 48.6 Å². The minimum atomic E-state index is -0.849. The van der Waals surface area contributed by atoms with Crippen LogP contribution in [0.3, 0.4) is 0 Å². The van der Waals surface area contributed by atoms with Crippen molar-refractivity contribution in [3.8, 4) is 0 Å². The molecule has 2 aromatic rings. The van der Waals surface area contributed by atoms with Crippen LogP contribution in [0.2, 0.25) is 0 Å². The van der Waals surface area contributed by atoms with Gasteiger partial charge < -0.3 is 19.7 Å². The second kappa shape index (κ2) is 12.3. The van der Waals surface area contributed by atoms with Gasteiger partial charge in [0.2, 0.25) is 5.91 Å². The second-order valence-corrected chi connectivity index (χ2v) is 6.73. The van der Waals surface area contributed by atoms with Crippen LogP contribution >= 0.6 is 0 Å². The van der Waals surface area contributed by atoms with Crippen molar-refractivity contribution in [2.24, 2.45) is 0 Å². The van der Waals surface area contributed by atoms with Gasteiger partial charge in [-0.15, -0.1) is 0 Å². The van der Waals surface area contributed by atoms with E-state index in [0.29, 0.717) is 13.0 Å². The number of carbonyl (C=O) groups excluding carboxylic acids is 3. The Kier molecular flexibility index (Phi) is 9.37. The van der Waals surface area contributed by atoms with Crippen molar-refractivity contribution in [2.75, 3.05) is 19.7 Å². The van der Waals surface area contributed by atoms with Gasteiger partial charge in [-0.1, -0.05) is 60.7 Å². The Morgan fingerprint density at radius 1 is 0.933 bits per heavy atom. The van der Waals surface area contributed by atoms with Gasteiger partial charge >= 0.3 is 12.1 Å². The van der Waals surface area contributed by atoms with Crippen molar-refractivity contribution in [3.63, 3.8) is 0 Å². The van der Waals surface area contributed by atoms with E-state index in [1.54, 1.807) is 13.8 Å². The largest absolute Gasteiger partial charge is 0.465 e. The highest BCUT2D eigenvalue weighted by Gasteiger charge is 2.24. The highest BCUT2D eigenvalue weighted by molar-refractivity contribution is 5.88. The van der Waals surface area contributed by atoms with E-state index in [1.807, 2.05) is 60.7 Å². The van der Waals surface area contributed by atoms with Crippen LogP contribution < -0.4 is 5.32 Å². The highest BCUT2D eigenvalue weighted by atomic mass is 16.5. The third-order valence-electron chi connectivity index (χ3n) is 4.37. The molecule has 0 saturated carbocycles. The molecule has 0 spiro atoms. The van der Waals surface area contributed by atoms with Crippen molar-refractivity contribution in [1.82, 2.24) is 10.2 Å². The molecule has 0 aliphatic heterocycles. The van der Waals surface area contributed by atoms with Gasteiger partial charge in [0.15, 0.2) is 0 Å². The molecule has 0 aliphatic carbocycles. The summed E-state index contributed by atoms with van der Waals surface area (Å²) in [7, 11) is 0. The zero-order chi connectivity index (χ0) is 21.8. The molecular weight excluding hydrogens is 384 g/mol. The molecule has 0 fully saturated rings. The smallest absolute Gasteiger partial charge is 0.408 e. The van der Waals surface area contributed by atoms with E-state index in [-0.39, 0.29) is 25.7 Å². The molecule has 0 saturated heterocycles. The van der Waals surface area contributed by atoms with E-state index in [1.165, 1.54) is 4.90 Å². The minimum absolute atomic E-state index is 0.105. The number of ether oxygens (including phenoxy) is 2. The third kappa shape index (κ3) is 7.95. The van der Waals surface area contributed by atoms with Gasteiger partial charge in [0.1, 0.15) is 19.2 Å². The van der Waals surface area contributed by atoms with Gasteiger partial charge in [-0.25, -0.2) is 4.79 Å². The van der Waals surface area contributed by atoms with Crippen molar-refractivity contribution in [3.05, 3.63) is 71.8 Å². The van der Waals surface area contributed by atoms with E-state index < -0.39 is 18.1 Å². The normalized spacial score (nSPS) is 11.3. The maximum absolute atomic E-state index is 12.9. The standard InChI is InChI=1S/C23H28N2O5/c1-3-29-21(26)16-25(15-14-19-10-6-4-7-11-19)22(27)18(2)24-23(28)30-17-20-12-8-5-9-13-20/h4-13,18H,3,14-17H2,1-2H3,(H,24,28)/t18-/m1/s1. The number of nitrogens with one attached hydrogen (secondary N) is 1. The van der Waals surface area contributed by atoms with Gasteiger partial charge in [-0.05, 0) is 31.4 Å². The SMILES string of the molecule is CCOC(=O)CN(CCc1ccccc1)C(=O)[C@@H](C)NC(=O)OCc1ccccc1. The summed E-state index contributed by atoms with van der Waals surface area (Å²) in [6, 6.07) is 18.1. The number of nitrogens with zero attached hydrogens (tertiary/aromatic N) is 1. The second-order valence-electron chi connectivity index (χ2n) is 6.73. The molecule has 0 heterocycles. The summed E-state index contributed by atoms with van der Waals surface area (Å²) < 4.78 is 10.1. The van der Waals surface area contributed by atoms with E-state index in [0.717, 1.165) is 11.1 Å². The van der Waals surface area contributed by atoms with Crippen LogP contribution in [0.25, 0.3) is 0 Å². The summed E-state index contributed by atoms with van der Waals surface area (Å²) >= 11 is 0. The van der Waals surface area contributed by atoms with E-state index in [2.05, 4.69) is 5.32 Å². The molecule has 1 N–H and O–H groups in total. The highest BCUT2D eigenvalue weighted by Crippen LogP contribution is 2.05. The number of hydrogen-bond acceptors (Lipinski definition) is 5. The summed E-state index contributed by atoms with van der Waals surface area (Å²) in [4.78, 5) is 38.3. The zero-order valence-corrected chi connectivity index (χ0v) is 17.4. The quantitative estimate of drug-likeness (QED) is 0.607. The van der Waals surface area contributed by atoms with Gasteiger partial charge in [0, 0.05) is 6.54 Å². The first-order chi connectivity index (χ1) is 14.5. The number of alkyl carbamates (subject to hydrolysis) is 1. The Balaban J connectivity index is 1.92. The summed E-state index contributed by atoms with van der Waals surface area (Å²) in [6.07, 6.45) is -0.115. The lowest BCUT2D eigenvalue weighted by atomic mass is 10.1. The van der Waals surface area contributed by atoms with Gasteiger partial charge in [-0.3, -0.25) is 9.59 Å². The first-order valence-electron chi connectivity index (χ1n) is 9.95. The van der Waals surface area contributed by atoms with Gasteiger partial charge in [-0.2, -0.15) is 0 Å². The molecule has 7 nitrogen and oxygen atoms in total. The maximum atomic E-state index is 12.9. The Hall–Kier alpha value is -3.35. The predicted molar refractivity (Wildman–Crippen MR) is 113 cm³/mol. The average Bonchev–Trinajstić information content (AvgIpc) is 2.76. The number of benzene rings is 2. The number of esters is 1. The van der Waals surface area contributed by atoms with Crippen molar-refractivity contribution >= 4 is 18.0 Å². The fraction of sp³-hybridized carbons (Fsp3) is 0.348. The minimum Gasteiger partial charge on any atom is -0.465 e. The molecular formula is C23H28N2O5. The molecule has 2 rings (SSSR count). The molecule has 2 amide bonds. The number of rotatable bonds is 10. The monoisotopic (exact) mass is 412 g/mol. The molecule has 0 aromatic heterocycles. The summed E-state index contributed by atoms with van der Waals surface area (Å²) in [5.74, 6) is -0.867. The lowest BCUT2D eigenvalue weighted by molar-refractivity contribution is -0.149. The van der Waals surface area contributed by atoms with Crippen LogP contribution in [0.1, 0.15) is 25.0 Å². The summed E-state index contributed by atoms with van der Waals surface area (Å²) in [5.41, 5.74) is 1.89. The van der Waals surface area contributed by atoms with E-state index in [4.69, 9.17) is 9.47 Å². The van der Waals surface area contributed by atoms with Crippen molar-refractivity contribution < 1.29 is 23.9 Å². The molecule has 7 heteroatoms. The molecule has 1 atom stereocenters. The molecule has 160 valence electrons. The lowest BCUT2D eigenvalue weighted by Gasteiger charge is -2.25. The van der Waals surface area contributed by atoms with Crippen LogP contribution in [0, 0.1) is 0 Å². The Labute approximate surface area is 177 Å². The van der Waals surface area contributed by atoms with Crippen LogP contribution in [-0.2, 0) is 32.1 Å². The zero-order valence-electron chi connectivity index (χ0n) is 17.4. The molecule has 0 radical (unpaired) electrons. The van der Waals surface area contributed by atoms with Crippen LogP contribution in [0.4, 0.5) is 4.79 Å². The molecule has 0 aliphatic rings. The fourth-order valence-electron chi connectivity index (χ4n) is 2.82. The van der Waals surface area contributed by atoms with Gasteiger partial charge in [0.25, 0.3) is 0 Å². The summed E-state index contributed by atoms with van der Waals surface area (Å²) in [5, 5.41) is 2.53. The number of carbonyl (C=O) groups is 3. The first kappa shape index (κ1) is 22.9. The molecule has 0 bridgehead atoms. The lowest BCUT2D eigenvalue weighted by Crippen LogP contribution is -2.49. The Morgan fingerprint density at radius 2 is 1.53 bits per heavy atom. The van der Waals surface area contributed by atoms with Crippen molar-refractivity contribution in [1.29, 1.82) is 0 Å². The molecule has 0 unspecified atom stereocenters. The van der Waals surface area contributed by atoms with E-state index >= 15 is 0 Å².